The van der Waals surface area contributed by atoms with Crippen LogP contribution in [0, 0.1) is 0 Å². The first-order valence-corrected chi connectivity index (χ1v) is 13.2. The molecule has 3 aromatic carbocycles. The number of methoxy groups -OCH3 is 3. The molecule has 0 aromatic heterocycles. The third-order valence-corrected chi connectivity index (χ3v) is 6.32. The highest BCUT2D eigenvalue weighted by atomic mass is 35.5. The Bertz CT molecular complexity index is 1420. The third kappa shape index (κ3) is 8.54. The standard InChI is InChI=1S/C25H20Cl6N6O3/c1-38-22-13(4-16(26)7-19(22)29)10-32-35-25(36-33-11-14-5-17(27)8-20(30)23(14)39-2)37-34-12-15-6-18(28)9-21(31)24(15)40-3/h4-12H,1-3H3,(H2,35,36,37). The van der Waals surface area contributed by atoms with Crippen molar-refractivity contribution in [1.29, 1.82) is 0 Å². The number of hydrazone groups is 2. The Hall–Kier alpha value is -2.92. The topological polar surface area (TPSA) is 101 Å². The normalized spacial score (nSPS) is 11.3. The molecule has 0 heterocycles. The fourth-order valence-corrected chi connectivity index (χ4v) is 4.98. The van der Waals surface area contributed by atoms with E-state index in [1.807, 2.05) is 0 Å². The van der Waals surface area contributed by atoms with Crippen molar-refractivity contribution in [3.05, 3.63) is 83.2 Å². The summed E-state index contributed by atoms with van der Waals surface area (Å²) in [5.41, 5.74) is 6.92. The van der Waals surface area contributed by atoms with Gasteiger partial charge in [0.2, 0.25) is 0 Å². The van der Waals surface area contributed by atoms with Crippen LogP contribution in [0.25, 0.3) is 0 Å². The Morgan fingerprint density at radius 3 is 1.27 bits per heavy atom. The molecule has 0 saturated heterocycles. The lowest BCUT2D eigenvalue weighted by molar-refractivity contribution is 0.414. The lowest BCUT2D eigenvalue weighted by atomic mass is 10.2. The summed E-state index contributed by atoms with van der Waals surface area (Å²) in [5.74, 6) is 1.15. The Balaban J connectivity index is 1.92. The summed E-state index contributed by atoms with van der Waals surface area (Å²) >= 11 is 36.9. The number of ether oxygens (including phenoxy) is 3. The maximum Gasteiger partial charge on any atom is 0.257 e. The summed E-state index contributed by atoms with van der Waals surface area (Å²) in [6.45, 7) is 0. The molecule has 0 aliphatic carbocycles. The van der Waals surface area contributed by atoms with Gasteiger partial charge in [0.05, 0.1) is 55.0 Å². The van der Waals surface area contributed by atoms with E-state index >= 15 is 0 Å². The molecule has 210 valence electrons. The predicted octanol–water partition coefficient (Wildman–Crippen LogP) is 7.57. The van der Waals surface area contributed by atoms with E-state index in [0.29, 0.717) is 64.1 Å². The molecule has 0 unspecified atom stereocenters. The summed E-state index contributed by atoms with van der Waals surface area (Å²) in [7, 11) is 4.43. The van der Waals surface area contributed by atoms with Gasteiger partial charge < -0.3 is 14.2 Å². The molecule has 0 bridgehead atoms. The van der Waals surface area contributed by atoms with Crippen molar-refractivity contribution in [3.8, 4) is 17.2 Å². The van der Waals surface area contributed by atoms with Crippen molar-refractivity contribution >= 4 is 94.2 Å². The van der Waals surface area contributed by atoms with Crippen molar-refractivity contribution in [1.82, 2.24) is 10.9 Å². The fourth-order valence-electron chi connectivity index (χ4n) is 3.22. The minimum absolute atomic E-state index is 0.00928. The molecule has 3 aromatic rings. The van der Waals surface area contributed by atoms with Gasteiger partial charge in [-0.25, -0.2) is 10.9 Å². The molecular formula is C25H20Cl6N6O3. The zero-order valence-electron chi connectivity index (χ0n) is 21.0. The highest BCUT2D eigenvalue weighted by Crippen LogP contribution is 2.33. The number of halogens is 6. The molecule has 3 rings (SSSR count). The molecule has 0 amide bonds. The van der Waals surface area contributed by atoms with Gasteiger partial charge in [0, 0.05) is 31.8 Å². The largest absolute Gasteiger partial charge is 0.495 e. The Kier molecular flexibility index (Phi) is 12.0. The van der Waals surface area contributed by atoms with Crippen LogP contribution in [0.15, 0.2) is 56.8 Å². The van der Waals surface area contributed by atoms with Crippen molar-refractivity contribution in [2.24, 2.45) is 20.4 Å². The molecule has 15 heteroatoms. The minimum Gasteiger partial charge on any atom is -0.495 e. The molecule has 40 heavy (non-hydrogen) atoms. The molecule has 0 saturated carbocycles. The van der Waals surface area contributed by atoms with Crippen LogP contribution in [0.5, 0.6) is 17.2 Å². The van der Waals surface area contributed by atoms with E-state index in [1.165, 1.54) is 40.0 Å². The second-order valence-electron chi connectivity index (χ2n) is 7.46. The first kappa shape index (κ1) is 31.6. The number of guanidine groups is 1. The third-order valence-electron chi connectivity index (χ3n) is 4.83. The van der Waals surface area contributed by atoms with Crippen molar-refractivity contribution in [2.45, 2.75) is 0 Å². The second kappa shape index (κ2) is 15.2. The quantitative estimate of drug-likeness (QED) is 0.140. The zero-order valence-corrected chi connectivity index (χ0v) is 25.5. The van der Waals surface area contributed by atoms with Crippen molar-refractivity contribution in [2.75, 3.05) is 21.3 Å². The first-order chi connectivity index (χ1) is 19.2. The summed E-state index contributed by atoms with van der Waals surface area (Å²) in [6, 6.07) is 9.53. The van der Waals surface area contributed by atoms with Gasteiger partial charge in [0.25, 0.3) is 5.96 Å². The van der Waals surface area contributed by atoms with Crippen LogP contribution in [0.4, 0.5) is 0 Å². The van der Waals surface area contributed by atoms with Crippen molar-refractivity contribution in [3.63, 3.8) is 0 Å². The van der Waals surface area contributed by atoms with E-state index in [4.69, 9.17) is 83.8 Å². The van der Waals surface area contributed by atoms with Gasteiger partial charge in [-0.15, -0.1) is 5.10 Å². The fraction of sp³-hybridized carbons (Fsp3) is 0.120. The summed E-state index contributed by atoms with van der Waals surface area (Å²) in [4.78, 5) is 0. The van der Waals surface area contributed by atoms with E-state index in [-0.39, 0.29) is 5.96 Å². The number of benzene rings is 3. The first-order valence-electron chi connectivity index (χ1n) is 10.9. The smallest absolute Gasteiger partial charge is 0.257 e. The van der Waals surface area contributed by atoms with Crippen molar-refractivity contribution < 1.29 is 14.2 Å². The Morgan fingerprint density at radius 1 is 0.575 bits per heavy atom. The second-order valence-corrected chi connectivity index (χ2v) is 9.99. The average molecular weight is 665 g/mol. The maximum absolute atomic E-state index is 6.20. The van der Waals surface area contributed by atoms with Crippen LogP contribution >= 0.6 is 69.6 Å². The molecular weight excluding hydrogens is 645 g/mol. The van der Waals surface area contributed by atoms with E-state index in [1.54, 1.807) is 36.4 Å². The van der Waals surface area contributed by atoms with Crippen LogP contribution in [-0.2, 0) is 0 Å². The number of nitrogens with one attached hydrogen (secondary N) is 2. The molecule has 0 atom stereocenters. The van der Waals surface area contributed by atoms with Crippen LogP contribution in [0.1, 0.15) is 16.7 Å². The van der Waals surface area contributed by atoms with E-state index < -0.39 is 0 Å². The summed E-state index contributed by atoms with van der Waals surface area (Å²) < 4.78 is 16.0. The molecule has 0 aliphatic rings. The zero-order chi connectivity index (χ0) is 29.2. The lowest BCUT2D eigenvalue weighted by Gasteiger charge is -2.09. The van der Waals surface area contributed by atoms with Crippen LogP contribution in [0.2, 0.25) is 30.1 Å². The highest BCUT2D eigenvalue weighted by Gasteiger charge is 2.10. The summed E-state index contributed by atoms with van der Waals surface area (Å²) in [6.07, 6.45) is 4.26. The SMILES string of the molecule is COc1c(Cl)cc(Cl)cc1C=NN=C(NN=Cc1cc(Cl)cc(Cl)c1OC)NN=Cc1cc(Cl)cc(Cl)c1OC. The van der Waals surface area contributed by atoms with E-state index in [2.05, 4.69) is 31.3 Å². The van der Waals surface area contributed by atoms with Crippen LogP contribution in [-0.4, -0.2) is 45.9 Å². The molecule has 0 fully saturated rings. The van der Waals surface area contributed by atoms with Crippen LogP contribution < -0.4 is 25.1 Å². The van der Waals surface area contributed by atoms with Gasteiger partial charge in [-0.1, -0.05) is 69.6 Å². The maximum atomic E-state index is 6.20. The van der Waals surface area contributed by atoms with Gasteiger partial charge in [-0.05, 0) is 36.4 Å². The minimum atomic E-state index is 0.00928. The molecule has 0 aliphatic heterocycles. The van der Waals surface area contributed by atoms with E-state index in [0.717, 1.165) is 0 Å². The van der Waals surface area contributed by atoms with Gasteiger partial charge >= 0.3 is 0 Å². The van der Waals surface area contributed by atoms with Crippen LogP contribution in [0.3, 0.4) is 0 Å². The molecule has 0 spiro atoms. The summed E-state index contributed by atoms with van der Waals surface area (Å²) in [5, 5.41) is 18.6. The number of rotatable bonds is 9. The molecule has 9 nitrogen and oxygen atoms in total. The van der Waals surface area contributed by atoms with Gasteiger partial charge in [-0.2, -0.15) is 15.3 Å². The number of nitrogens with zero attached hydrogens (tertiary/aromatic N) is 4. The van der Waals surface area contributed by atoms with Gasteiger partial charge in [-0.3, -0.25) is 0 Å². The highest BCUT2D eigenvalue weighted by molar-refractivity contribution is 6.37. The van der Waals surface area contributed by atoms with Gasteiger partial charge in [0.1, 0.15) is 17.2 Å². The number of hydrogen-bond donors (Lipinski definition) is 2. The van der Waals surface area contributed by atoms with E-state index in [9.17, 15) is 0 Å². The Morgan fingerprint density at radius 2 is 0.925 bits per heavy atom. The molecule has 0 radical (unpaired) electrons. The number of hydrogen-bond acceptors (Lipinski definition) is 7. The Labute approximate surface area is 260 Å². The molecule has 2 N–H and O–H groups in total. The van der Waals surface area contributed by atoms with Gasteiger partial charge in [0.15, 0.2) is 0 Å². The predicted molar refractivity (Wildman–Crippen MR) is 166 cm³/mol. The lowest BCUT2D eigenvalue weighted by Crippen LogP contribution is -2.30. The average Bonchev–Trinajstić information content (AvgIpc) is 2.88. The monoisotopic (exact) mass is 662 g/mol.